The van der Waals surface area contributed by atoms with Crippen LogP contribution in [-0.2, 0) is 9.53 Å². The maximum atomic E-state index is 12.7. The van der Waals surface area contributed by atoms with E-state index >= 15 is 0 Å². The molecule has 1 aliphatic rings. The number of hydrogen-bond acceptors (Lipinski definition) is 5. The van der Waals surface area contributed by atoms with Gasteiger partial charge in [-0.25, -0.2) is 4.79 Å². The van der Waals surface area contributed by atoms with E-state index in [1.165, 1.54) is 14.2 Å². The Morgan fingerprint density at radius 1 is 1.00 bits per heavy atom. The van der Waals surface area contributed by atoms with Crippen molar-refractivity contribution in [2.75, 3.05) is 14.2 Å². The van der Waals surface area contributed by atoms with Gasteiger partial charge in [-0.15, -0.1) is 0 Å². The highest BCUT2D eigenvalue weighted by atomic mass is 16.6. The summed E-state index contributed by atoms with van der Waals surface area (Å²) in [7, 11) is 2.94. The molecule has 0 spiro atoms. The van der Waals surface area contributed by atoms with Crippen molar-refractivity contribution in [2.24, 2.45) is 0 Å². The first-order valence-electron chi connectivity index (χ1n) is 8.41. The summed E-state index contributed by atoms with van der Waals surface area (Å²) in [6, 6.07) is 14.0. The summed E-state index contributed by atoms with van der Waals surface area (Å²) < 4.78 is 16.1. The SMILES string of the molecule is COc1cccc(C(=O)O[C@H](C(=O)NC2CC2)c2ccccc2)c1OC. The minimum atomic E-state index is -1.03. The minimum Gasteiger partial charge on any atom is -0.493 e. The summed E-state index contributed by atoms with van der Waals surface area (Å²) in [5.41, 5.74) is 0.813. The molecular weight excluding hydrogens is 334 g/mol. The molecule has 1 atom stereocenters. The first-order chi connectivity index (χ1) is 12.6. The van der Waals surface area contributed by atoms with Crippen LogP contribution in [0.3, 0.4) is 0 Å². The van der Waals surface area contributed by atoms with Crippen LogP contribution in [0.4, 0.5) is 0 Å². The molecule has 2 aromatic rings. The largest absolute Gasteiger partial charge is 0.493 e. The van der Waals surface area contributed by atoms with Gasteiger partial charge in [-0.05, 0) is 25.0 Å². The number of para-hydroxylation sites is 1. The van der Waals surface area contributed by atoms with E-state index in [-0.39, 0.29) is 23.3 Å². The molecule has 0 aromatic heterocycles. The Balaban J connectivity index is 1.86. The number of amides is 1. The van der Waals surface area contributed by atoms with Crippen LogP contribution >= 0.6 is 0 Å². The zero-order valence-electron chi connectivity index (χ0n) is 14.7. The molecule has 0 bridgehead atoms. The fourth-order valence-electron chi connectivity index (χ4n) is 2.62. The van der Waals surface area contributed by atoms with Gasteiger partial charge in [0.05, 0.1) is 14.2 Å². The molecule has 1 saturated carbocycles. The Hall–Kier alpha value is -3.02. The first-order valence-corrected chi connectivity index (χ1v) is 8.41. The average Bonchev–Trinajstić information content (AvgIpc) is 3.49. The van der Waals surface area contributed by atoms with Crippen molar-refractivity contribution < 1.29 is 23.8 Å². The molecule has 0 unspecified atom stereocenters. The predicted octanol–water partition coefficient (Wildman–Crippen LogP) is 2.88. The van der Waals surface area contributed by atoms with Crippen LogP contribution < -0.4 is 14.8 Å². The summed E-state index contributed by atoms with van der Waals surface area (Å²) in [6.45, 7) is 0. The van der Waals surface area contributed by atoms with Crippen molar-refractivity contribution in [2.45, 2.75) is 25.0 Å². The van der Waals surface area contributed by atoms with E-state index in [1.807, 2.05) is 6.07 Å². The first kappa shape index (κ1) is 17.8. The number of carbonyl (C=O) groups is 2. The number of ether oxygens (including phenoxy) is 3. The van der Waals surface area contributed by atoms with Crippen LogP contribution in [0, 0.1) is 0 Å². The van der Waals surface area contributed by atoms with Crippen LogP contribution in [0.25, 0.3) is 0 Å². The Bertz CT molecular complexity index is 786. The summed E-state index contributed by atoms with van der Waals surface area (Å²) in [6.07, 6.45) is 0.871. The minimum absolute atomic E-state index is 0.166. The van der Waals surface area contributed by atoms with Crippen LogP contribution in [0.5, 0.6) is 11.5 Å². The Morgan fingerprint density at radius 2 is 1.73 bits per heavy atom. The Labute approximate surface area is 152 Å². The Morgan fingerprint density at radius 3 is 2.35 bits per heavy atom. The molecule has 3 rings (SSSR count). The molecule has 2 aromatic carbocycles. The third-order valence-electron chi connectivity index (χ3n) is 4.11. The number of methoxy groups -OCH3 is 2. The molecule has 0 heterocycles. The molecule has 6 nitrogen and oxygen atoms in total. The van der Waals surface area contributed by atoms with Gasteiger partial charge in [0, 0.05) is 11.6 Å². The molecule has 0 radical (unpaired) electrons. The van der Waals surface area contributed by atoms with Crippen LogP contribution in [0.15, 0.2) is 48.5 Å². The van der Waals surface area contributed by atoms with Crippen LogP contribution in [-0.4, -0.2) is 32.1 Å². The van der Waals surface area contributed by atoms with Gasteiger partial charge in [0.15, 0.2) is 11.5 Å². The highest BCUT2D eigenvalue weighted by molar-refractivity contribution is 5.96. The molecular formula is C20H21NO5. The van der Waals surface area contributed by atoms with Crippen molar-refractivity contribution in [1.82, 2.24) is 5.32 Å². The molecule has 0 saturated heterocycles. The molecule has 1 fully saturated rings. The van der Waals surface area contributed by atoms with Gasteiger partial charge in [-0.3, -0.25) is 4.79 Å². The molecule has 0 aliphatic heterocycles. The van der Waals surface area contributed by atoms with Gasteiger partial charge in [0.2, 0.25) is 6.10 Å². The second-order valence-electron chi connectivity index (χ2n) is 6.02. The van der Waals surface area contributed by atoms with Gasteiger partial charge >= 0.3 is 5.97 Å². The normalized spacial score (nSPS) is 14.2. The summed E-state index contributed by atoms with van der Waals surface area (Å²) in [4.78, 5) is 25.3. The monoisotopic (exact) mass is 355 g/mol. The number of rotatable bonds is 7. The highest BCUT2D eigenvalue weighted by Gasteiger charge is 2.32. The van der Waals surface area contributed by atoms with Crippen molar-refractivity contribution in [3.8, 4) is 11.5 Å². The second kappa shape index (κ2) is 7.91. The summed E-state index contributed by atoms with van der Waals surface area (Å²) >= 11 is 0. The van der Waals surface area contributed by atoms with Gasteiger partial charge in [0.1, 0.15) is 5.56 Å². The lowest BCUT2D eigenvalue weighted by atomic mass is 10.1. The fourth-order valence-corrected chi connectivity index (χ4v) is 2.62. The zero-order chi connectivity index (χ0) is 18.5. The Kier molecular flexibility index (Phi) is 5.41. The molecule has 1 N–H and O–H groups in total. The van der Waals surface area contributed by atoms with Crippen molar-refractivity contribution in [3.63, 3.8) is 0 Å². The summed E-state index contributed by atoms with van der Waals surface area (Å²) in [5.74, 6) is -0.287. The van der Waals surface area contributed by atoms with E-state index < -0.39 is 12.1 Å². The molecule has 6 heteroatoms. The van der Waals surface area contributed by atoms with Crippen molar-refractivity contribution >= 4 is 11.9 Å². The number of nitrogens with one attached hydrogen (secondary N) is 1. The van der Waals surface area contributed by atoms with Crippen molar-refractivity contribution in [1.29, 1.82) is 0 Å². The zero-order valence-corrected chi connectivity index (χ0v) is 14.7. The smallest absolute Gasteiger partial charge is 0.343 e. The third-order valence-corrected chi connectivity index (χ3v) is 4.11. The van der Waals surface area contributed by atoms with Gasteiger partial charge in [-0.1, -0.05) is 36.4 Å². The second-order valence-corrected chi connectivity index (χ2v) is 6.02. The summed E-state index contributed by atoms with van der Waals surface area (Å²) in [5, 5.41) is 2.89. The fraction of sp³-hybridized carbons (Fsp3) is 0.300. The quantitative estimate of drug-likeness (QED) is 0.773. The molecule has 1 aliphatic carbocycles. The van der Waals surface area contributed by atoms with Crippen molar-refractivity contribution in [3.05, 3.63) is 59.7 Å². The van der Waals surface area contributed by atoms with Gasteiger partial charge in [0.25, 0.3) is 5.91 Å². The van der Waals surface area contributed by atoms with E-state index in [2.05, 4.69) is 5.32 Å². The van der Waals surface area contributed by atoms with Gasteiger partial charge in [-0.2, -0.15) is 0 Å². The van der Waals surface area contributed by atoms with E-state index in [1.54, 1.807) is 42.5 Å². The number of hydrogen-bond donors (Lipinski definition) is 1. The lowest BCUT2D eigenvalue weighted by molar-refractivity contribution is -0.130. The van der Waals surface area contributed by atoms with Crippen LogP contribution in [0.1, 0.15) is 34.9 Å². The maximum absolute atomic E-state index is 12.7. The lowest BCUT2D eigenvalue weighted by Gasteiger charge is -2.19. The van der Waals surface area contributed by atoms with E-state index in [0.717, 1.165) is 12.8 Å². The number of benzene rings is 2. The number of carbonyl (C=O) groups excluding carboxylic acids is 2. The van der Waals surface area contributed by atoms with Crippen LogP contribution in [0.2, 0.25) is 0 Å². The molecule has 136 valence electrons. The maximum Gasteiger partial charge on any atom is 0.343 e. The predicted molar refractivity (Wildman–Crippen MR) is 95.3 cm³/mol. The van der Waals surface area contributed by atoms with E-state index in [4.69, 9.17) is 14.2 Å². The third kappa shape index (κ3) is 3.96. The number of esters is 1. The average molecular weight is 355 g/mol. The topological polar surface area (TPSA) is 73.9 Å². The van der Waals surface area contributed by atoms with Gasteiger partial charge < -0.3 is 19.5 Å². The standard InChI is InChI=1S/C20H21NO5/c1-24-16-10-6-9-15(18(16)25-2)20(23)26-17(13-7-4-3-5-8-13)19(22)21-14-11-12-14/h3-10,14,17H,11-12H2,1-2H3,(H,21,22)/t17-/m0/s1. The van der Waals surface area contributed by atoms with E-state index in [0.29, 0.717) is 11.3 Å². The molecule has 26 heavy (non-hydrogen) atoms. The highest BCUT2D eigenvalue weighted by Crippen LogP contribution is 2.32. The molecule has 1 amide bonds. The lowest BCUT2D eigenvalue weighted by Crippen LogP contribution is -2.33. The van der Waals surface area contributed by atoms with E-state index in [9.17, 15) is 9.59 Å².